The minimum atomic E-state index is -0.371. The summed E-state index contributed by atoms with van der Waals surface area (Å²) in [6, 6.07) is 6.91. The van der Waals surface area contributed by atoms with E-state index in [0.717, 1.165) is 24.2 Å². The second-order valence-corrected chi connectivity index (χ2v) is 4.03. The molecule has 0 aliphatic rings. The van der Waals surface area contributed by atoms with Crippen LogP contribution >= 0.6 is 0 Å². The van der Waals surface area contributed by atoms with E-state index in [2.05, 4.69) is 17.2 Å². The van der Waals surface area contributed by atoms with Gasteiger partial charge < -0.3 is 10.1 Å². The molecule has 0 saturated carbocycles. The summed E-state index contributed by atoms with van der Waals surface area (Å²) in [4.78, 5) is 4.37. The number of hydrogen-bond donors (Lipinski definition) is 1. The van der Waals surface area contributed by atoms with Crippen molar-refractivity contribution in [2.24, 2.45) is 0 Å². The molecule has 3 nitrogen and oxygen atoms in total. The van der Waals surface area contributed by atoms with Gasteiger partial charge in [-0.05, 0) is 31.5 Å². The molecule has 0 aliphatic carbocycles. The Labute approximate surface area is 106 Å². The van der Waals surface area contributed by atoms with E-state index in [-0.39, 0.29) is 11.6 Å². The Bertz CT molecular complexity index is 543. The second-order valence-electron chi connectivity index (χ2n) is 4.03. The first kappa shape index (κ1) is 12.6. The molecule has 1 aromatic heterocycles. The normalized spacial score (nSPS) is 10.6. The van der Waals surface area contributed by atoms with E-state index in [1.54, 1.807) is 6.07 Å². The molecule has 4 heteroatoms. The van der Waals surface area contributed by atoms with Gasteiger partial charge in [-0.3, -0.25) is 0 Å². The molecule has 0 bridgehead atoms. The molecule has 2 aromatic rings. The van der Waals surface area contributed by atoms with Gasteiger partial charge >= 0.3 is 0 Å². The first-order valence-corrected chi connectivity index (χ1v) is 6.21. The highest BCUT2D eigenvalue weighted by atomic mass is 19.1. The van der Waals surface area contributed by atoms with Gasteiger partial charge in [0.05, 0.1) is 12.1 Å². The fourth-order valence-electron chi connectivity index (χ4n) is 1.74. The summed E-state index contributed by atoms with van der Waals surface area (Å²) in [5.74, 6) is 0.679. The molecule has 18 heavy (non-hydrogen) atoms. The van der Waals surface area contributed by atoms with Gasteiger partial charge in [0.1, 0.15) is 5.82 Å². The van der Waals surface area contributed by atoms with Crippen LogP contribution < -0.4 is 10.1 Å². The van der Waals surface area contributed by atoms with Crippen LogP contribution in [0.4, 0.5) is 10.2 Å². The van der Waals surface area contributed by atoms with Crippen molar-refractivity contribution in [3.05, 3.63) is 30.1 Å². The molecule has 0 atom stereocenters. The molecule has 0 amide bonds. The Morgan fingerprint density at radius 1 is 1.28 bits per heavy atom. The van der Waals surface area contributed by atoms with Crippen molar-refractivity contribution in [1.82, 2.24) is 4.98 Å². The molecule has 96 valence electrons. The topological polar surface area (TPSA) is 34.1 Å². The third-order valence-corrected chi connectivity index (χ3v) is 2.60. The monoisotopic (exact) mass is 248 g/mol. The molecule has 1 heterocycles. The predicted octanol–water partition coefficient (Wildman–Crippen LogP) is 3.59. The van der Waals surface area contributed by atoms with Gasteiger partial charge in [0.25, 0.3) is 0 Å². The lowest BCUT2D eigenvalue weighted by atomic mass is 10.2. The van der Waals surface area contributed by atoms with Gasteiger partial charge in [-0.1, -0.05) is 6.92 Å². The average Bonchev–Trinajstić information content (AvgIpc) is 2.37. The SMILES string of the molecule is CCCNc1ccc2cc(OCC)c(F)cc2n1. The lowest BCUT2D eigenvalue weighted by Crippen LogP contribution is -2.02. The number of nitrogens with zero attached hydrogens (tertiary/aromatic N) is 1. The van der Waals surface area contributed by atoms with Crippen molar-refractivity contribution in [3.63, 3.8) is 0 Å². The van der Waals surface area contributed by atoms with Crippen LogP contribution in [0.15, 0.2) is 24.3 Å². The molecule has 1 N–H and O–H groups in total. The number of benzene rings is 1. The molecule has 0 saturated heterocycles. The van der Waals surface area contributed by atoms with E-state index >= 15 is 0 Å². The number of fused-ring (bicyclic) bond motifs is 1. The van der Waals surface area contributed by atoms with E-state index < -0.39 is 0 Å². The third-order valence-electron chi connectivity index (χ3n) is 2.60. The van der Waals surface area contributed by atoms with E-state index in [4.69, 9.17) is 4.74 Å². The fourth-order valence-corrected chi connectivity index (χ4v) is 1.74. The van der Waals surface area contributed by atoms with Gasteiger partial charge in [0.2, 0.25) is 0 Å². The van der Waals surface area contributed by atoms with Gasteiger partial charge in [-0.15, -0.1) is 0 Å². The van der Waals surface area contributed by atoms with Gasteiger partial charge in [-0.2, -0.15) is 0 Å². The number of rotatable bonds is 5. The number of pyridine rings is 1. The van der Waals surface area contributed by atoms with E-state index in [1.807, 2.05) is 19.1 Å². The first-order chi connectivity index (χ1) is 8.74. The smallest absolute Gasteiger partial charge is 0.167 e. The van der Waals surface area contributed by atoms with Gasteiger partial charge in [0.15, 0.2) is 11.6 Å². The molecule has 0 fully saturated rings. The maximum absolute atomic E-state index is 13.7. The minimum absolute atomic E-state index is 0.279. The maximum atomic E-state index is 13.7. The molecule has 1 aromatic carbocycles. The van der Waals surface area contributed by atoms with E-state index in [0.29, 0.717) is 12.1 Å². The molecule has 2 rings (SSSR count). The van der Waals surface area contributed by atoms with Crippen LogP contribution in [0.2, 0.25) is 0 Å². The zero-order valence-electron chi connectivity index (χ0n) is 10.7. The van der Waals surface area contributed by atoms with Crippen LogP contribution in [0, 0.1) is 5.82 Å². The Hall–Kier alpha value is -1.84. The highest BCUT2D eigenvalue weighted by Gasteiger charge is 2.07. The Morgan fingerprint density at radius 2 is 2.11 bits per heavy atom. The van der Waals surface area contributed by atoms with Crippen molar-refractivity contribution in [2.45, 2.75) is 20.3 Å². The summed E-state index contributed by atoms with van der Waals surface area (Å²) in [7, 11) is 0. The van der Waals surface area contributed by atoms with Crippen molar-refractivity contribution in [2.75, 3.05) is 18.5 Å². The second kappa shape index (κ2) is 5.67. The summed E-state index contributed by atoms with van der Waals surface area (Å²) in [6.45, 7) is 5.23. The van der Waals surface area contributed by atoms with Crippen molar-refractivity contribution >= 4 is 16.7 Å². The summed E-state index contributed by atoms with van der Waals surface area (Å²) >= 11 is 0. The van der Waals surface area contributed by atoms with Crippen molar-refractivity contribution < 1.29 is 9.13 Å². The summed E-state index contributed by atoms with van der Waals surface area (Å²) in [5, 5.41) is 4.06. The Balaban J connectivity index is 2.36. The van der Waals surface area contributed by atoms with Crippen LogP contribution in [-0.2, 0) is 0 Å². The summed E-state index contributed by atoms with van der Waals surface area (Å²) in [5.41, 5.74) is 0.636. The number of nitrogens with one attached hydrogen (secondary N) is 1. The highest BCUT2D eigenvalue weighted by Crippen LogP contribution is 2.24. The number of halogens is 1. The quantitative estimate of drug-likeness (QED) is 0.878. The fraction of sp³-hybridized carbons (Fsp3) is 0.357. The van der Waals surface area contributed by atoms with Gasteiger partial charge in [-0.25, -0.2) is 9.37 Å². The molecular weight excluding hydrogens is 231 g/mol. The summed E-state index contributed by atoms with van der Waals surface area (Å²) in [6.07, 6.45) is 1.03. The summed E-state index contributed by atoms with van der Waals surface area (Å²) < 4.78 is 18.9. The van der Waals surface area contributed by atoms with Crippen LogP contribution in [0.1, 0.15) is 20.3 Å². The van der Waals surface area contributed by atoms with Crippen molar-refractivity contribution in [3.8, 4) is 5.75 Å². The van der Waals surface area contributed by atoms with Crippen LogP contribution in [0.5, 0.6) is 5.75 Å². The number of anilines is 1. The Morgan fingerprint density at radius 3 is 2.83 bits per heavy atom. The number of ether oxygens (including phenoxy) is 1. The molecule has 0 spiro atoms. The van der Waals surface area contributed by atoms with Crippen molar-refractivity contribution in [1.29, 1.82) is 0 Å². The van der Waals surface area contributed by atoms with Crippen LogP contribution in [0.25, 0.3) is 10.9 Å². The Kier molecular flexibility index (Phi) is 3.97. The predicted molar refractivity (Wildman–Crippen MR) is 71.7 cm³/mol. The van der Waals surface area contributed by atoms with E-state index in [9.17, 15) is 4.39 Å². The van der Waals surface area contributed by atoms with E-state index in [1.165, 1.54) is 6.07 Å². The maximum Gasteiger partial charge on any atom is 0.167 e. The molecule has 0 radical (unpaired) electrons. The molecular formula is C14H17FN2O. The highest BCUT2D eigenvalue weighted by molar-refractivity contribution is 5.82. The minimum Gasteiger partial charge on any atom is -0.491 e. The molecule has 0 unspecified atom stereocenters. The van der Waals surface area contributed by atoms with Crippen LogP contribution in [0.3, 0.4) is 0 Å². The lowest BCUT2D eigenvalue weighted by Gasteiger charge is -2.08. The zero-order valence-corrected chi connectivity index (χ0v) is 10.7. The van der Waals surface area contributed by atoms with Crippen LogP contribution in [-0.4, -0.2) is 18.1 Å². The largest absolute Gasteiger partial charge is 0.491 e. The first-order valence-electron chi connectivity index (χ1n) is 6.21. The standard InChI is InChI=1S/C14H17FN2O/c1-3-7-16-14-6-5-10-8-13(18-4-2)11(15)9-12(10)17-14/h5-6,8-9H,3-4,7H2,1-2H3,(H,16,17). The lowest BCUT2D eigenvalue weighted by molar-refractivity contribution is 0.322. The number of aromatic nitrogens is 1. The number of hydrogen-bond acceptors (Lipinski definition) is 3. The van der Waals surface area contributed by atoms with Gasteiger partial charge in [0, 0.05) is 18.0 Å². The molecule has 0 aliphatic heterocycles. The third kappa shape index (κ3) is 2.70. The average molecular weight is 248 g/mol. The zero-order chi connectivity index (χ0) is 13.0.